The lowest BCUT2D eigenvalue weighted by atomic mass is 10.3. The smallest absolute Gasteiger partial charge is 0.298 e. The first kappa shape index (κ1) is 19.1. The maximum atomic E-state index is 13.4. The van der Waals surface area contributed by atoms with Gasteiger partial charge in [-0.25, -0.2) is 14.0 Å². The maximum absolute atomic E-state index is 13.4. The Morgan fingerprint density at radius 1 is 1.24 bits per heavy atom. The summed E-state index contributed by atoms with van der Waals surface area (Å²) in [5.41, 5.74) is 1.55. The van der Waals surface area contributed by atoms with Crippen LogP contribution in [-0.2, 0) is 10.7 Å². The number of pyridine rings is 1. The highest BCUT2D eigenvalue weighted by Gasteiger charge is 2.30. The third-order valence-corrected chi connectivity index (χ3v) is 5.16. The normalized spacial score (nSPS) is 11.9. The molecule has 29 heavy (non-hydrogen) atoms. The molecule has 0 unspecified atom stereocenters. The number of hydrogen-bond donors (Lipinski definition) is 1. The highest BCUT2D eigenvalue weighted by atomic mass is 32.1. The number of halogens is 2. The lowest BCUT2D eigenvalue weighted by Gasteiger charge is -2.09. The first-order valence-electron chi connectivity index (χ1n) is 8.44. The van der Waals surface area contributed by atoms with Gasteiger partial charge in [-0.3, -0.25) is 4.79 Å². The number of fused-ring (bicyclic) bond motifs is 2. The minimum Gasteiger partial charge on any atom is -0.495 e. The summed E-state index contributed by atoms with van der Waals surface area (Å²) in [7, 11) is 3.02. The van der Waals surface area contributed by atoms with Crippen LogP contribution in [0.1, 0.15) is 11.9 Å². The second kappa shape index (κ2) is 6.95. The quantitative estimate of drug-likeness (QED) is 0.513. The summed E-state index contributed by atoms with van der Waals surface area (Å²) in [5.74, 6) is -2.42. The third kappa shape index (κ3) is 3.58. The number of hydrogen-bond acceptors (Lipinski definition) is 7. The first-order valence-corrected chi connectivity index (χ1v) is 9.26. The van der Waals surface area contributed by atoms with Gasteiger partial charge in [0.05, 0.1) is 19.5 Å². The van der Waals surface area contributed by atoms with Crippen LogP contribution >= 0.6 is 11.3 Å². The fourth-order valence-corrected chi connectivity index (χ4v) is 3.42. The Kier molecular flexibility index (Phi) is 4.57. The van der Waals surface area contributed by atoms with E-state index in [9.17, 15) is 13.6 Å². The van der Waals surface area contributed by atoms with Crippen LogP contribution in [0.2, 0.25) is 0 Å². The van der Waals surface area contributed by atoms with E-state index in [0.717, 1.165) is 18.3 Å². The standard InChI is InChI=1S/C17H16F2N6O3S/c1-17(18,19)15-23-25-7-11(21-16(25)29-15)10-5-12-13(28-8-14(26)20-2)4-9(27-3)6-24(12)22-10/h4-7H,8H2,1-3H3,(H,20,26). The van der Waals surface area contributed by atoms with E-state index < -0.39 is 5.92 Å². The van der Waals surface area contributed by atoms with Crippen molar-refractivity contribution in [2.75, 3.05) is 20.8 Å². The first-order chi connectivity index (χ1) is 13.8. The van der Waals surface area contributed by atoms with Gasteiger partial charge in [0.1, 0.15) is 28.4 Å². The summed E-state index contributed by atoms with van der Waals surface area (Å²) in [6, 6.07) is 3.37. The van der Waals surface area contributed by atoms with Gasteiger partial charge < -0.3 is 14.8 Å². The Bertz CT molecular complexity index is 1180. The van der Waals surface area contributed by atoms with Crippen molar-refractivity contribution < 1.29 is 23.0 Å². The van der Waals surface area contributed by atoms with E-state index in [-0.39, 0.29) is 17.5 Å². The molecule has 4 aromatic rings. The molecule has 152 valence electrons. The van der Waals surface area contributed by atoms with Crippen molar-refractivity contribution in [2.24, 2.45) is 0 Å². The number of methoxy groups -OCH3 is 1. The van der Waals surface area contributed by atoms with Crippen molar-refractivity contribution in [2.45, 2.75) is 12.8 Å². The molecule has 0 bridgehead atoms. The van der Waals surface area contributed by atoms with Crippen molar-refractivity contribution in [3.05, 3.63) is 29.5 Å². The molecule has 12 heteroatoms. The van der Waals surface area contributed by atoms with Gasteiger partial charge in [0.2, 0.25) is 4.96 Å². The number of aromatic nitrogens is 5. The molecule has 0 spiro atoms. The summed E-state index contributed by atoms with van der Waals surface area (Å²) in [6.07, 6.45) is 3.18. The van der Waals surface area contributed by atoms with Crippen LogP contribution < -0.4 is 14.8 Å². The molecule has 0 aromatic carbocycles. The topological polar surface area (TPSA) is 95.0 Å². The van der Waals surface area contributed by atoms with Crippen LogP contribution in [0.5, 0.6) is 11.5 Å². The van der Waals surface area contributed by atoms with Crippen LogP contribution in [-0.4, -0.2) is 50.9 Å². The molecule has 0 radical (unpaired) electrons. The molecule has 1 amide bonds. The number of ether oxygens (including phenoxy) is 2. The van der Waals surface area contributed by atoms with Crippen molar-refractivity contribution in [3.8, 4) is 22.9 Å². The van der Waals surface area contributed by atoms with Gasteiger partial charge in [-0.15, -0.1) is 0 Å². The molecule has 0 atom stereocenters. The molecule has 0 saturated heterocycles. The number of nitrogens with one attached hydrogen (secondary N) is 1. The van der Waals surface area contributed by atoms with Crippen LogP contribution in [0.3, 0.4) is 0 Å². The summed E-state index contributed by atoms with van der Waals surface area (Å²) >= 11 is 0.817. The van der Waals surface area contributed by atoms with Crippen LogP contribution in [0.4, 0.5) is 8.78 Å². The van der Waals surface area contributed by atoms with E-state index in [2.05, 4.69) is 20.5 Å². The number of imidazole rings is 1. The zero-order valence-electron chi connectivity index (χ0n) is 15.6. The predicted molar refractivity (Wildman–Crippen MR) is 101 cm³/mol. The van der Waals surface area contributed by atoms with Gasteiger partial charge in [-0.2, -0.15) is 19.0 Å². The van der Waals surface area contributed by atoms with Crippen molar-refractivity contribution in [1.82, 2.24) is 29.5 Å². The second-order valence-corrected chi connectivity index (χ2v) is 7.17. The zero-order valence-corrected chi connectivity index (χ0v) is 16.5. The summed E-state index contributed by atoms with van der Waals surface area (Å²) in [4.78, 5) is 16.2. The molecule has 4 rings (SSSR count). The molecule has 4 aromatic heterocycles. The van der Waals surface area contributed by atoms with Gasteiger partial charge in [0.15, 0.2) is 11.6 Å². The minimum absolute atomic E-state index is 0.169. The molecule has 0 fully saturated rings. The highest BCUT2D eigenvalue weighted by Crippen LogP contribution is 2.33. The third-order valence-electron chi connectivity index (χ3n) is 4.07. The monoisotopic (exact) mass is 422 g/mol. The molecule has 0 aliphatic carbocycles. The van der Waals surface area contributed by atoms with Gasteiger partial charge in [-0.05, 0) is 6.07 Å². The number of carbonyl (C=O) groups is 1. The fraction of sp³-hybridized carbons (Fsp3) is 0.294. The number of likely N-dealkylation sites (N-methyl/N-ethyl adjacent to an activating group) is 1. The number of amides is 1. The number of nitrogens with zero attached hydrogens (tertiary/aromatic N) is 5. The lowest BCUT2D eigenvalue weighted by Crippen LogP contribution is -2.24. The Hall–Kier alpha value is -3.28. The molecule has 0 aliphatic heterocycles. The maximum Gasteiger partial charge on any atom is 0.298 e. The Morgan fingerprint density at radius 3 is 2.69 bits per heavy atom. The molecular weight excluding hydrogens is 406 g/mol. The summed E-state index contributed by atoms with van der Waals surface area (Å²) in [5, 5.41) is 10.5. The second-order valence-electron chi connectivity index (χ2n) is 6.21. The van der Waals surface area contributed by atoms with Crippen molar-refractivity contribution >= 4 is 27.7 Å². The number of rotatable bonds is 6. The summed E-state index contributed by atoms with van der Waals surface area (Å²) in [6.45, 7) is 0.625. The highest BCUT2D eigenvalue weighted by molar-refractivity contribution is 7.16. The van der Waals surface area contributed by atoms with Gasteiger partial charge >= 0.3 is 0 Å². The van der Waals surface area contributed by atoms with E-state index in [4.69, 9.17) is 9.47 Å². The van der Waals surface area contributed by atoms with Gasteiger partial charge in [0, 0.05) is 20.0 Å². The number of carbonyl (C=O) groups excluding carboxylic acids is 1. The Balaban J connectivity index is 1.73. The molecule has 0 saturated carbocycles. The Labute approximate surface area is 166 Å². The molecule has 0 aliphatic rings. The molecule has 4 heterocycles. The van der Waals surface area contributed by atoms with Crippen LogP contribution in [0, 0.1) is 0 Å². The van der Waals surface area contributed by atoms with Crippen molar-refractivity contribution in [1.29, 1.82) is 0 Å². The molecule has 9 nitrogen and oxygen atoms in total. The zero-order chi connectivity index (χ0) is 20.8. The predicted octanol–water partition coefficient (Wildman–Crippen LogP) is 2.35. The van der Waals surface area contributed by atoms with E-state index in [1.54, 1.807) is 22.8 Å². The molecule has 1 N–H and O–H groups in total. The largest absolute Gasteiger partial charge is 0.495 e. The number of alkyl halides is 2. The average molecular weight is 422 g/mol. The lowest BCUT2D eigenvalue weighted by molar-refractivity contribution is -0.122. The van der Waals surface area contributed by atoms with Crippen LogP contribution in [0.15, 0.2) is 24.5 Å². The molecular formula is C17H16F2N6O3S. The SMILES string of the molecule is CNC(=O)COc1cc(OC)cn2nc(-c3cn4nc(C(C)(F)F)sc4n3)cc12. The van der Waals surface area contributed by atoms with E-state index in [1.165, 1.54) is 24.9 Å². The van der Waals surface area contributed by atoms with Crippen LogP contribution in [0.25, 0.3) is 21.9 Å². The van der Waals surface area contributed by atoms with Crippen molar-refractivity contribution in [3.63, 3.8) is 0 Å². The minimum atomic E-state index is -3.03. The average Bonchev–Trinajstić information content (AvgIpc) is 3.36. The fourth-order valence-electron chi connectivity index (χ4n) is 2.61. The summed E-state index contributed by atoms with van der Waals surface area (Å²) < 4.78 is 40.6. The van der Waals surface area contributed by atoms with Gasteiger partial charge in [-0.1, -0.05) is 11.3 Å². The Morgan fingerprint density at radius 2 is 2.03 bits per heavy atom. The van der Waals surface area contributed by atoms with E-state index >= 15 is 0 Å². The van der Waals surface area contributed by atoms with E-state index in [1.807, 2.05) is 0 Å². The van der Waals surface area contributed by atoms with E-state index in [0.29, 0.717) is 33.4 Å². The van der Waals surface area contributed by atoms with Gasteiger partial charge in [0.25, 0.3) is 11.8 Å².